The van der Waals surface area contributed by atoms with Crippen LogP contribution in [0, 0.1) is 5.92 Å². The molecule has 2 rings (SSSR count). The SMILES string of the molecule is C[C@@H]1C[C@]1(N)COc1ccc(Cl)nc1.Cl. The molecular weight excluding hydrogens is 235 g/mol. The van der Waals surface area contributed by atoms with Crippen LogP contribution < -0.4 is 10.5 Å². The van der Waals surface area contributed by atoms with E-state index < -0.39 is 0 Å². The Kier molecular flexibility index (Phi) is 3.82. The average molecular weight is 249 g/mol. The van der Waals surface area contributed by atoms with E-state index >= 15 is 0 Å². The molecule has 0 unspecified atom stereocenters. The number of nitrogens with two attached hydrogens (primary N) is 1. The topological polar surface area (TPSA) is 48.1 Å². The van der Waals surface area contributed by atoms with Crippen molar-refractivity contribution in [3.63, 3.8) is 0 Å². The first kappa shape index (κ1) is 12.6. The molecular formula is C10H14Cl2N2O. The molecule has 2 N–H and O–H groups in total. The van der Waals surface area contributed by atoms with Gasteiger partial charge in [-0.15, -0.1) is 12.4 Å². The molecule has 1 aromatic heterocycles. The van der Waals surface area contributed by atoms with Gasteiger partial charge in [0.25, 0.3) is 0 Å². The van der Waals surface area contributed by atoms with Gasteiger partial charge in [-0.3, -0.25) is 0 Å². The third-order valence-corrected chi connectivity index (χ3v) is 2.94. The fourth-order valence-electron chi connectivity index (χ4n) is 1.38. The average Bonchev–Trinajstić information content (AvgIpc) is 2.74. The Hall–Kier alpha value is -0.510. The largest absolute Gasteiger partial charge is 0.490 e. The summed E-state index contributed by atoms with van der Waals surface area (Å²) in [5.41, 5.74) is 5.87. The normalized spacial score (nSPS) is 28.1. The van der Waals surface area contributed by atoms with Crippen LogP contribution in [0.2, 0.25) is 5.15 Å². The van der Waals surface area contributed by atoms with Crippen molar-refractivity contribution in [2.24, 2.45) is 11.7 Å². The van der Waals surface area contributed by atoms with Crippen molar-refractivity contribution in [1.29, 1.82) is 0 Å². The lowest BCUT2D eigenvalue weighted by Gasteiger charge is -2.11. The zero-order chi connectivity index (χ0) is 10.2. The molecule has 1 fully saturated rings. The molecule has 1 heterocycles. The molecule has 15 heavy (non-hydrogen) atoms. The third kappa shape index (κ3) is 2.97. The van der Waals surface area contributed by atoms with Crippen LogP contribution in [0.4, 0.5) is 0 Å². The lowest BCUT2D eigenvalue weighted by molar-refractivity contribution is 0.270. The van der Waals surface area contributed by atoms with E-state index in [4.69, 9.17) is 22.1 Å². The van der Waals surface area contributed by atoms with Gasteiger partial charge in [0.1, 0.15) is 17.5 Å². The van der Waals surface area contributed by atoms with Crippen LogP contribution >= 0.6 is 24.0 Å². The van der Waals surface area contributed by atoms with Crippen LogP contribution in [-0.2, 0) is 0 Å². The highest BCUT2D eigenvalue weighted by Gasteiger charge is 2.48. The molecule has 0 bridgehead atoms. The van der Waals surface area contributed by atoms with Gasteiger partial charge < -0.3 is 10.5 Å². The fourth-order valence-corrected chi connectivity index (χ4v) is 1.49. The summed E-state index contributed by atoms with van der Waals surface area (Å²) in [6, 6.07) is 3.50. The first-order valence-corrected chi connectivity index (χ1v) is 5.01. The quantitative estimate of drug-likeness (QED) is 0.836. The molecule has 3 nitrogen and oxygen atoms in total. The number of halogens is 2. The number of aromatic nitrogens is 1. The maximum atomic E-state index is 6.00. The molecule has 0 spiro atoms. The third-order valence-electron chi connectivity index (χ3n) is 2.72. The van der Waals surface area contributed by atoms with Crippen LogP contribution in [0.1, 0.15) is 13.3 Å². The van der Waals surface area contributed by atoms with Crippen LogP contribution in [0.25, 0.3) is 0 Å². The number of rotatable bonds is 3. The van der Waals surface area contributed by atoms with Crippen LogP contribution in [0.3, 0.4) is 0 Å². The molecule has 1 aromatic rings. The highest BCUT2D eigenvalue weighted by molar-refractivity contribution is 6.29. The van der Waals surface area contributed by atoms with Gasteiger partial charge in [-0.1, -0.05) is 18.5 Å². The van der Waals surface area contributed by atoms with Crippen molar-refractivity contribution in [3.05, 3.63) is 23.5 Å². The highest BCUT2D eigenvalue weighted by atomic mass is 35.5. The van der Waals surface area contributed by atoms with Crippen LogP contribution in [-0.4, -0.2) is 17.1 Å². The Labute approximate surface area is 100 Å². The predicted octanol–water partition coefficient (Wildman–Crippen LogP) is 2.27. The maximum Gasteiger partial charge on any atom is 0.137 e. The standard InChI is InChI=1S/C10H13ClN2O.ClH/c1-7-4-10(7,12)6-14-8-2-3-9(11)13-5-8;/h2-3,5,7H,4,6,12H2,1H3;1H/t7-,10+;/m1./s1. The van der Waals surface area contributed by atoms with Crippen molar-refractivity contribution in [2.75, 3.05) is 6.61 Å². The van der Waals surface area contributed by atoms with E-state index in [0.29, 0.717) is 17.7 Å². The zero-order valence-corrected chi connectivity index (χ0v) is 10.0. The Morgan fingerprint density at radius 3 is 2.80 bits per heavy atom. The van der Waals surface area contributed by atoms with Crippen molar-refractivity contribution in [1.82, 2.24) is 4.98 Å². The fraction of sp³-hybridized carbons (Fsp3) is 0.500. The summed E-state index contributed by atoms with van der Waals surface area (Å²) in [6.07, 6.45) is 2.65. The molecule has 0 aromatic carbocycles. The Morgan fingerprint density at radius 1 is 1.67 bits per heavy atom. The first-order chi connectivity index (χ1) is 6.60. The Morgan fingerprint density at radius 2 is 2.33 bits per heavy atom. The minimum atomic E-state index is -0.125. The smallest absolute Gasteiger partial charge is 0.137 e. The number of nitrogens with zero attached hydrogens (tertiary/aromatic N) is 1. The minimum absolute atomic E-state index is 0. The van der Waals surface area contributed by atoms with E-state index in [1.807, 2.05) is 0 Å². The summed E-state index contributed by atoms with van der Waals surface area (Å²) >= 11 is 5.65. The van der Waals surface area contributed by atoms with Crippen molar-refractivity contribution in [3.8, 4) is 5.75 Å². The molecule has 0 saturated heterocycles. The van der Waals surface area contributed by atoms with E-state index in [-0.39, 0.29) is 17.9 Å². The maximum absolute atomic E-state index is 6.00. The number of hydrogen-bond acceptors (Lipinski definition) is 3. The second-order valence-corrected chi connectivity index (χ2v) is 4.33. The summed E-state index contributed by atoms with van der Waals surface area (Å²) in [6.45, 7) is 2.68. The number of hydrogen-bond donors (Lipinski definition) is 1. The van der Waals surface area contributed by atoms with E-state index in [2.05, 4.69) is 11.9 Å². The molecule has 2 atom stereocenters. The molecule has 0 radical (unpaired) electrons. The monoisotopic (exact) mass is 248 g/mol. The van der Waals surface area contributed by atoms with Gasteiger partial charge in [0.15, 0.2) is 0 Å². The second kappa shape index (κ2) is 4.56. The van der Waals surface area contributed by atoms with Crippen molar-refractivity contribution in [2.45, 2.75) is 18.9 Å². The minimum Gasteiger partial charge on any atom is -0.490 e. The summed E-state index contributed by atoms with van der Waals surface area (Å²) in [5.74, 6) is 1.28. The molecule has 1 aliphatic carbocycles. The Balaban J connectivity index is 0.00000112. The van der Waals surface area contributed by atoms with Gasteiger partial charge in [0.05, 0.1) is 11.7 Å². The van der Waals surface area contributed by atoms with E-state index in [1.54, 1.807) is 18.3 Å². The van der Waals surface area contributed by atoms with Gasteiger partial charge in [-0.25, -0.2) is 4.98 Å². The molecule has 0 aliphatic heterocycles. The molecule has 1 saturated carbocycles. The summed E-state index contributed by atoms with van der Waals surface area (Å²) < 4.78 is 5.51. The van der Waals surface area contributed by atoms with Gasteiger partial charge in [0, 0.05) is 0 Å². The van der Waals surface area contributed by atoms with Crippen molar-refractivity contribution < 1.29 is 4.74 Å². The lowest BCUT2D eigenvalue weighted by atomic mass is 10.2. The molecule has 0 amide bonds. The van der Waals surface area contributed by atoms with E-state index in [1.165, 1.54) is 0 Å². The van der Waals surface area contributed by atoms with E-state index in [9.17, 15) is 0 Å². The number of pyridine rings is 1. The van der Waals surface area contributed by atoms with Gasteiger partial charge in [0.2, 0.25) is 0 Å². The number of ether oxygens (including phenoxy) is 1. The summed E-state index contributed by atoms with van der Waals surface area (Å²) in [5, 5.41) is 0.472. The van der Waals surface area contributed by atoms with Crippen LogP contribution in [0.5, 0.6) is 5.75 Å². The Bertz CT molecular complexity index is 331. The second-order valence-electron chi connectivity index (χ2n) is 3.94. The van der Waals surface area contributed by atoms with Gasteiger partial charge in [-0.2, -0.15) is 0 Å². The highest BCUT2D eigenvalue weighted by Crippen LogP contribution is 2.40. The summed E-state index contributed by atoms with van der Waals surface area (Å²) in [7, 11) is 0. The first-order valence-electron chi connectivity index (χ1n) is 4.63. The van der Waals surface area contributed by atoms with Gasteiger partial charge >= 0.3 is 0 Å². The predicted molar refractivity (Wildman–Crippen MR) is 62.7 cm³/mol. The van der Waals surface area contributed by atoms with Gasteiger partial charge in [-0.05, 0) is 24.5 Å². The van der Waals surface area contributed by atoms with Crippen molar-refractivity contribution >= 4 is 24.0 Å². The molecule has 5 heteroatoms. The molecule has 1 aliphatic rings. The molecule has 84 valence electrons. The van der Waals surface area contributed by atoms with E-state index in [0.717, 1.165) is 12.2 Å². The summed E-state index contributed by atoms with van der Waals surface area (Å²) in [4.78, 5) is 3.92. The van der Waals surface area contributed by atoms with Crippen LogP contribution in [0.15, 0.2) is 18.3 Å². The zero-order valence-electron chi connectivity index (χ0n) is 8.44. The lowest BCUT2D eigenvalue weighted by Crippen LogP contribution is -2.32.